The Morgan fingerprint density at radius 2 is 1.68 bits per heavy atom. The summed E-state index contributed by atoms with van der Waals surface area (Å²) in [5, 5.41) is 11.5. The van der Waals surface area contributed by atoms with Gasteiger partial charge in [0, 0.05) is 12.1 Å². The second kappa shape index (κ2) is 8.87. The van der Waals surface area contributed by atoms with Gasteiger partial charge in [-0.1, -0.05) is 44.2 Å². The summed E-state index contributed by atoms with van der Waals surface area (Å²) in [4.78, 5) is 22.9. The molecule has 0 fully saturated rings. The normalized spacial score (nSPS) is 11.8. The minimum Gasteiger partial charge on any atom is -0.482 e. The Kier molecular flexibility index (Phi) is 6.57. The van der Waals surface area contributed by atoms with Crippen molar-refractivity contribution in [2.75, 3.05) is 11.9 Å². The quantitative estimate of drug-likeness (QED) is 0.763. The predicted molar refractivity (Wildman–Crippen MR) is 96.8 cm³/mol. The van der Waals surface area contributed by atoms with Crippen molar-refractivity contribution in [2.45, 2.75) is 26.2 Å². The van der Waals surface area contributed by atoms with Crippen molar-refractivity contribution in [3.05, 3.63) is 60.2 Å². The Hall–Kier alpha value is -2.82. The van der Waals surface area contributed by atoms with E-state index in [1.165, 1.54) is 0 Å². The van der Waals surface area contributed by atoms with E-state index < -0.39 is 12.6 Å². The molecular formula is C20H23NO4. The lowest BCUT2D eigenvalue weighted by atomic mass is 9.85. The Morgan fingerprint density at radius 1 is 1.04 bits per heavy atom. The van der Waals surface area contributed by atoms with E-state index >= 15 is 0 Å². The van der Waals surface area contributed by atoms with Crippen LogP contribution >= 0.6 is 0 Å². The number of rotatable bonds is 8. The topological polar surface area (TPSA) is 75.6 Å². The third-order valence-electron chi connectivity index (χ3n) is 3.94. The van der Waals surface area contributed by atoms with Crippen LogP contribution in [0.15, 0.2) is 54.6 Å². The fourth-order valence-corrected chi connectivity index (χ4v) is 2.63. The fourth-order valence-electron chi connectivity index (χ4n) is 2.63. The summed E-state index contributed by atoms with van der Waals surface area (Å²) < 4.78 is 5.07. The Morgan fingerprint density at radius 3 is 2.24 bits per heavy atom. The molecule has 2 rings (SSSR count). The molecule has 5 nitrogen and oxygen atoms in total. The lowest BCUT2D eigenvalue weighted by molar-refractivity contribution is -0.139. The maximum Gasteiger partial charge on any atom is 0.341 e. The molecule has 0 spiro atoms. The van der Waals surface area contributed by atoms with Gasteiger partial charge in [0.2, 0.25) is 5.91 Å². The summed E-state index contributed by atoms with van der Waals surface area (Å²) >= 11 is 0. The molecule has 2 aromatic carbocycles. The van der Waals surface area contributed by atoms with Gasteiger partial charge in [-0.3, -0.25) is 4.79 Å². The van der Waals surface area contributed by atoms with Crippen molar-refractivity contribution >= 4 is 17.6 Å². The first kappa shape index (κ1) is 18.5. The molecule has 0 aliphatic heterocycles. The second-order valence-electron chi connectivity index (χ2n) is 6.22. The third kappa shape index (κ3) is 5.95. The number of amides is 1. The molecule has 132 valence electrons. The number of nitrogens with one attached hydrogen (secondary N) is 1. The number of carboxylic acids is 1. The van der Waals surface area contributed by atoms with Crippen LogP contribution in [0, 0.1) is 5.92 Å². The van der Waals surface area contributed by atoms with Crippen molar-refractivity contribution in [1.29, 1.82) is 0 Å². The molecule has 0 aromatic heterocycles. The number of aliphatic carboxylic acids is 1. The van der Waals surface area contributed by atoms with Crippen LogP contribution in [-0.2, 0) is 9.59 Å². The maximum atomic E-state index is 12.4. The van der Waals surface area contributed by atoms with Gasteiger partial charge in [0.05, 0.1) is 0 Å². The molecule has 0 saturated carbocycles. The van der Waals surface area contributed by atoms with Gasteiger partial charge in [0.1, 0.15) is 5.75 Å². The van der Waals surface area contributed by atoms with Gasteiger partial charge >= 0.3 is 5.97 Å². The molecule has 2 N–H and O–H groups in total. The van der Waals surface area contributed by atoms with Gasteiger partial charge in [-0.25, -0.2) is 4.79 Å². The number of carboxylic acid groups (broad SMARTS) is 1. The van der Waals surface area contributed by atoms with Gasteiger partial charge in [-0.05, 0) is 41.7 Å². The van der Waals surface area contributed by atoms with Crippen LogP contribution in [-0.4, -0.2) is 23.6 Å². The Bertz CT molecular complexity index is 695. The first-order chi connectivity index (χ1) is 12.0. The molecule has 1 amide bonds. The lowest BCUT2D eigenvalue weighted by Crippen LogP contribution is -2.18. The highest BCUT2D eigenvalue weighted by Gasteiger charge is 2.19. The Labute approximate surface area is 147 Å². The highest BCUT2D eigenvalue weighted by Crippen LogP contribution is 2.28. The average Bonchev–Trinajstić information content (AvgIpc) is 2.59. The van der Waals surface area contributed by atoms with E-state index in [1.807, 2.05) is 30.3 Å². The van der Waals surface area contributed by atoms with Crippen LogP contribution in [0.4, 0.5) is 5.69 Å². The van der Waals surface area contributed by atoms with E-state index in [2.05, 4.69) is 19.2 Å². The van der Waals surface area contributed by atoms with Crippen LogP contribution in [0.2, 0.25) is 0 Å². The fraction of sp³-hybridized carbons (Fsp3) is 0.300. The second-order valence-corrected chi connectivity index (χ2v) is 6.22. The predicted octanol–water partition coefficient (Wildman–Crippen LogP) is 3.92. The zero-order valence-corrected chi connectivity index (χ0v) is 14.4. The summed E-state index contributed by atoms with van der Waals surface area (Å²) in [6.07, 6.45) is 0.402. The van der Waals surface area contributed by atoms with Crippen LogP contribution in [0.25, 0.3) is 0 Å². The smallest absolute Gasteiger partial charge is 0.341 e. The van der Waals surface area contributed by atoms with Crippen molar-refractivity contribution in [1.82, 2.24) is 0 Å². The number of benzene rings is 2. The number of carbonyl (C=O) groups is 2. The molecule has 25 heavy (non-hydrogen) atoms. The van der Waals surface area contributed by atoms with E-state index in [9.17, 15) is 9.59 Å². The maximum absolute atomic E-state index is 12.4. The van der Waals surface area contributed by atoms with Gasteiger partial charge in [-0.2, -0.15) is 0 Å². The minimum atomic E-state index is -1.03. The number of ether oxygens (including phenoxy) is 1. The summed E-state index contributed by atoms with van der Waals surface area (Å²) in [7, 11) is 0. The van der Waals surface area contributed by atoms with Gasteiger partial charge in [0.25, 0.3) is 0 Å². The highest BCUT2D eigenvalue weighted by atomic mass is 16.5. The van der Waals surface area contributed by atoms with Crippen LogP contribution in [0.3, 0.4) is 0 Å². The van der Waals surface area contributed by atoms with Crippen LogP contribution in [0.5, 0.6) is 5.75 Å². The van der Waals surface area contributed by atoms with E-state index in [-0.39, 0.29) is 11.8 Å². The zero-order chi connectivity index (χ0) is 18.2. The first-order valence-electron chi connectivity index (χ1n) is 8.25. The molecule has 0 heterocycles. The van der Waals surface area contributed by atoms with Gasteiger partial charge in [-0.15, -0.1) is 0 Å². The molecule has 1 atom stereocenters. The standard InChI is InChI=1S/C20H23NO4/c1-14(2)18(15-6-4-3-5-7-15)12-19(22)21-16-8-10-17(11-9-16)25-13-20(23)24/h3-11,14,18H,12-13H2,1-2H3,(H,21,22)(H,23,24). The number of hydrogen-bond donors (Lipinski definition) is 2. The molecule has 5 heteroatoms. The van der Waals surface area contributed by atoms with Crippen LogP contribution in [0.1, 0.15) is 31.7 Å². The number of hydrogen-bond acceptors (Lipinski definition) is 3. The monoisotopic (exact) mass is 341 g/mol. The molecule has 2 aromatic rings. The van der Waals surface area contributed by atoms with Crippen molar-refractivity contribution < 1.29 is 19.4 Å². The van der Waals surface area contributed by atoms with Gasteiger partial charge in [0.15, 0.2) is 6.61 Å². The van der Waals surface area contributed by atoms with Gasteiger partial charge < -0.3 is 15.2 Å². The summed E-state index contributed by atoms with van der Waals surface area (Å²) in [5.41, 5.74) is 1.81. The van der Waals surface area contributed by atoms with E-state index in [4.69, 9.17) is 9.84 Å². The highest BCUT2D eigenvalue weighted by molar-refractivity contribution is 5.91. The third-order valence-corrected chi connectivity index (χ3v) is 3.94. The van der Waals surface area contributed by atoms with E-state index in [1.54, 1.807) is 24.3 Å². The summed E-state index contributed by atoms with van der Waals surface area (Å²) in [6.45, 7) is 3.83. The number of anilines is 1. The van der Waals surface area contributed by atoms with Crippen molar-refractivity contribution in [2.24, 2.45) is 5.92 Å². The first-order valence-corrected chi connectivity index (χ1v) is 8.25. The van der Waals surface area contributed by atoms with E-state index in [0.29, 0.717) is 23.8 Å². The molecule has 0 aliphatic carbocycles. The SMILES string of the molecule is CC(C)C(CC(=O)Nc1ccc(OCC(=O)O)cc1)c1ccccc1. The zero-order valence-electron chi connectivity index (χ0n) is 14.4. The molecule has 0 bridgehead atoms. The molecule has 0 aliphatic rings. The van der Waals surface area contributed by atoms with Crippen molar-refractivity contribution in [3.8, 4) is 5.75 Å². The largest absolute Gasteiger partial charge is 0.482 e. The summed E-state index contributed by atoms with van der Waals surface area (Å²) in [6, 6.07) is 16.7. The molecule has 1 unspecified atom stereocenters. The molecular weight excluding hydrogens is 318 g/mol. The van der Waals surface area contributed by atoms with Crippen molar-refractivity contribution in [3.63, 3.8) is 0 Å². The lowest BCUT2D eigenvalue weighted by Gasteiger charge is -2.21. The molecule has 0 saturated heterocycles. The van der Waals surface area contributed by atoms with Crippen LogP contribution < -0.4 is 10.1 Å². The molecule has 0 radical (unpaired) electrons. The number of carbonyl (C=O) groups excluding carboxylic acids is 1. The van der Waals surface area contributed by atoms with E-state index in [0.717, 1.165) is 5.56 Å². The average molecular weight is 341 g/mol. The Balaban J connectivity index is 1.95. The minimum absolute atomic E-state index is 0.0539. The summed E-state index contributed by atoms with van der Waals surface area (Å²) in [5.74, 6) is -0.135.